The molecule has 5 heteroatoms. The highest BCUT2D eigenvalue weighted by Crippen LogP contribution is 2.23. The zero-order chi connectivity index (χ0) is 15.7. The van der Waals surface area contributed by atoms with E-state index in [9.17, 15) is 9.59 Å². The minimum absolute atomic E-state index is 0.0446. The van der Waals surface area contributed by atoms with Gasteiger partial charge in [-0.2, -0.15) is 0 Å². The van der Waals surface area contributed by atoms with Gasteiger partial charge in [-0.3, -0.25) is 9.20 Å². The van der Waals surface area contributed by atoms with Crippen molar-refractivity contribution in [3.63, 3.8) is 0 Å². The Kier molecular flexibility index (Phi) is 3.55. The van der Waals surface area contributed by atoms with E-state index in [4.69, 9.17) is 9.47 Å². The van der Waals surface area contributed by atoms with E-state index in [1.807, 2.05) is 12.1 Å². The van der Waals surface area contributed by atoms with Crippen LogP contribution in [0.3, 0.4) is 0 Å². The molecular weight excluding hydrogens is 282 g/mol. The van der Waals surface area contributed by atoms with Gasteiger partial charge in [-0.1, -0.05) is 24.3 Å². The maximum absolute atomic E-state index is 12.7. The highest BCUT2D eigenvalue weighted by Gasteiger charge is 2.19. The van der Waals surface area contributed by atoms with Gasteiger partial charge in [-0.05, 0) is 19.1 Å². The van der Waals surface area contributed by atoms with Crippen LogP contribution in [-0.2, 0) is 4.74 Å². The summed E-state index contributed by atoms with van der Waals surface area (Å²) in [4.78, 5) is 24.9. The number of hydrogen-bond donors (Lipinski definition) is 0. The maximum atomic E-state index is 12.7. The van der Waals surface area contributed by atoms with Gasteiger partial charge in [0.15, 0.2) is 0 Å². The van der Waals surface area contributed by atoms with Gasteiger partial charge < -0.3 is 9.47 Å². The van der Waals surface area contributed by atoms with Crippen LogP contribution in [0.4, 0.5) is 0 Å². The quantitative estimate of drug-likeness (QED) is 0.551. The molecule has 0 saturated carbocycles. The molecule has 0 spiro atoms. The van der Waals surface area contributed by atoms with Gasteiger partial charge in [0, 0.05) is 10.8 Å². The molecule has 22 heavy (non-hydrogen) atoms. The van der Waals surface area contributed by atoms with E-state index in [1.165, 1.54) is 11.5 Å². The lowest BCUT2D eigenvalue weighted by Gasteiger charge is -2.11. The lowest BCUT2D eigenvalue weighted by atomic mass is 10.0. The number of nitrogens with zero attached hydrogens (tertiary/aromatic N) is 1. The van der Waals surface area contributed by atoms with Crippen molar-refractivity contribution in [3.8, 4) is 5.75 Å². The number of ether oxygens (including phenoxy) is 2. The van der Waals surface area contributed by atoms with Gasteiger partial charge >= 0.3 is 5.97 Å². The maximum Gasteiger partial charge on any atom is 0.344 e. The van der Waals surface area contributed by atoms with Gasteiger partial charge in [0.2, 0.25) is 0 Å². The van der Waals surface area contributed by atoms with Crippen molar-refractivity contribution < 1.29 is 14.3 Å². The van der Waals surface area contributed by atoms with Crippen LogP contribution in [0, 0.1) is 0 Å². The van der Waals surface area contributed by atoms with Crippen molar-refractivity contribution in [1.82, 2.24) is 4.40 Å². The second-order valence-corrected chi connectivity index (χ2v) is 4.77. The normalized spacial score (nSPS) is 10.8. The second-order valence-electron chi connectivity index (χ2n) is 4.77. The van der Waals surface area contributed by atoms with Crippen molar-refractivity contribution in [3.05, 3.63) is 58.5 Å². The Morgan fingerprint density at radius 2 is 1.86 bits per heavy atom. The van der Waals surface area contributed by atoms with Crippen molar-refractivity contribution in [2.45, 2.75) is 6.92 Å². The van der Waals surface area contributed by atoms with Gasteiger partial charge in [0.05, 0.1) is 25.4 Å². The number of pyridine rings is 2. The second kappa shape index (κ2) is 5.52. The van der Waals surface area contributed by atoms with E-state index in [-0.39, 0.29) is 12.2 Å². The summed E-state index contributed by atoms with van der Waals surface area (Å²) in [6.07, 6.45) is 1.58. The van der Waals surface area contributed by atoms with E-state index in [0.717, 1.165) is 10.9 Å². The van der Waals surface area contributed by atoms with Crippen LogP contribution in [0.2, 0.25) is 0 Å². The number of benzene rings is 1. The van der Waals surface area contributed by atoms with E-state index in [1.54, 1.807) is 37.4 Å². The first kappa shape index (κ1) is 14.1. The number of carbonyl (C=O) groups is 1. The SMILES string of the molecule is CCOC(=O)c1c(=O)n2cc(OC)ccc2c2ccccc12. The average Bonchev–Trinajstić information content (AvgIpc) is 2.55. The first-order valence-corrected chi connectivity index (χ1v) is 6.95. The van der Waals surface area contributed by atoms with Crippen LogP contribution in [0.5, 0.6) is 5.75 Å². The summed E-state index contributed by atoms with van der Waals surface area (Å²) in [5, 5.41) is 1.41. The van der Waals surface area contributed by atoms with Gasteiger partial charge in [-0.25, -0.2) is 4.79 Å². The van der Waals surface area contributed by atoms with Gasteiger partial charge in [-0.15, -0.1) is 0 Å². The number of fused-ring (bicyclic) bond motifs is 3. The average molecular weight is 297 g/mol. The number of esters is 1. The Morgan fingerprint density at radius 1 is 1.14 bits per heavy atom. The van der Waals surface area contributed by atoms with E-state index >= 15 is 0 Å². The molecule has 0 atom stereocenters. The number of aromatic nitrogens is 1. The summed E-state index contributed by atoms with van der Waals surface area (Å²) in [7, 11) is 1.53. The van der Waals surface area contributed by atoms with Crippen molar-refractivity contribution >= 4 is 22.3 Å². The lowest BCUT2D eigenvalue weighted by molar-refractivity contribution is 0.0526. The summed E-state index contributed by atoms with van der Waals surface area (Å²) >= 11 is 0. The van der Waals surface area contributed by atoms with Crippen LogP contribution in [0.25, 0.3) is 16.3 Å². The minimum atomic E-state index is -0.610. The smallest absolute Gasteiger partial charge is 0.344 e. The molecular formula is C17H15NO4. The fourth-order valence-corrected chi connectivity index (χ4v) is 2.55. The minimum Gasteiger partial charge on any atom is -0.495 e. The molecule has 0 aliphatic heterocycles. The molecule has 0 radical (unpaired) electrons. The first-order chi connectivity index (χ1) is 10.7. The highest BCUT2D eigenvalue weighted by molar-refractivity contribution is 6.08. The fraction of sp³-hybridized carbons (Fsp3) is 0.176. The molecule has 0 N–H and O–H groups in total. The number of hydrogen-bond acceptors (Lipinski definition) is 4. The molecule has 3 rings (SSSR count). The third kappa shape index (κ3) is 2.11. The van der Waals surface area contributed by atoms with Crippen molar-refractivity contribution in [2.24, 2.45) is 0 Å². The molecule has 0 saturated heterocycles. The topological polar surface area (TPSA) is 57.0 Å². The van der Waals surface area contributed by atoms with Crippen LogP contribution in [0.15, 0.2) is 47.4 Å². The van der Waals surface area contributed by atoms with Crippen LogP contribution >= 0.6 is 0 Å². The molecule has 0 unspecified atom stereocenters. The highest BCUT2D eigenvalue weighted by atomic mass is 16.5. The summed E-state index contributed by atoms with van der Waals surface area (Å²) in [6.45, 7) is 1.93. The molecule has 0 amide bonds. The third-order valence-corrected chi connectivity index (χ3v) is 3.54. The fourth-order valence-electron chi connectivity index (χ4n) is 2.55. The Hall–Kier alpha value is -2.82. The molecule has 0 aliphatic rings. The molecule has 5 nitrogen and oxygen atoms in total. The third-order valence-electron chi connectivity index (χ3n) is 3.54. The van der Waals surface area contributed by atoms with E-state index < -0.39 is 11.5 Å². The largest absolute Gasteiger partial charge is 0.495 e. The Morgan fingerprint density at radius 3 is 2.55 bits per heavy atom. The predicted octanol–water partition coefficient (Wildman–Crippen LogP) is 2.64. The number of carbonyl (C=O) groups excluding carboxylic acids is 1. The molecule has 0 aliphatic carbocycles. The Bertz CT molecular complexity index is 927. The standard InChI is InChI=1S/C17H15NO4/c1-3-22-17(20)15-13-7-5-4-6-12(13)14-9-8-11(21-2)10-18(14)16(15)19/h4-10H,3H2,1-2H3. The van der Waals surface area contributed by atoms with Gasteiger partial charge in [0.25, 0.3) is 5.56 Å². The number of rotatable bonds is 3. The summed E-state index contributed by atoms with van der Waals surface area (Å²) in [5.74, 6) is -0.0689. The molecule has 0 fully saturated rings. The van der Waals surface area contributed by atoms with E-state index in [2.05, 4.69) is 0 Å². The molecule has 3 aromatic rings. The summed E-state index contributed by atoms with van der Waals surface area (Å²) in [6, 6.07) is 10.9. The van der Waals surface area contributed by atoms with E-state index in [0.29, 0.717) is 11.1 Å². The molecule has 1 aromatic carbocycles. The summed E-state index contributed by atoms with van der Waals surface area (Å²) < 4.78 is 11.6. The first-order valence-electron chi connectivity index (χ1n) is 6.95. The Labute approximate surface area is 126 Å². The summed E-state index contributed by atoms with van der Waals surface area (Å²) in [5.41, 5.74) is 0.351. The lowest BCUT2D eigenvalue weighted by Crippen LogP contribution is -2.24. The van der Waals surface area contributed by atoms with Crippen LogP contribution < -0.4 is 10.3 Å². The van der Waals surface area contributed by atoms with Crippen LogP contribution in [0.1, 0.15) is 17.3 Å². The molecule has 2 aromatic heterocycles. The predicted molar refractivity (Wildman–Crippen MR) is 83.7 cm³/mol. The van der Waals surface area contributed by atoms with Crippen LogP contribution in [-0.4, -0.2) is 24.1 Å². The van der Waals surface area contributed by atoms with Crippen molar-refractivity contribution in [1.29, 1.82) is 0 Å². The molecule has 2 heterocycles. The zero-order valence-corrected chi connectivity index (χ0v) is 12.3. The monoisotopic (exact) mass is 297 g/mol. The molecule has 112 valence electrons. The Balaban J connectivity index is 2.48. The zero-order valence-electron chi connectivity index (χ0n) is 12.3. The van der Waals surface area contributed by atoms with Gasteiger partial charge in [0.1, 0.15) is 11.3 Å². The van der Waals surface area contributed by atoms with Crippen molar-refractivity contribution in [2.75, 3.05) is 13.7 Å². The molecule has 0 bridgehead atoms. The number of methoxy groups -OCH3 is 1.